The second kappa shape index (κ2) is 8.03. The summed E-state index contributed by atoms with van der Waals surface area (Å²) >= 11 is 0. The third kappa shape index (κ3) is 4.90. The van der Waals surface area contributed by atoms with Crippen molar-refractivity contribution in [1.82, 2.24) is 4.98 Å². The lowest BCUT2D eigenvalue weighted by Gasteiger charge is -2.32. The van der Waals surface area contributed by atoms with Gasteiger partial charge in [-0.1, -0.05) is 0 Å². The lowest BCUT2D eigenvalue weighted by Crippen LogP contribution is -2.38. The van der Waals surface area contributed by atoms with Gasteiger partial charge in [-0.15, -0.1) is 13.2 Å². The van der Waals surface area contributed by atoms with Gasteiger partial charge in [-0.2, -0.15) is 0 Å². The number of benzene rings is 1. The average molecular weight is 396 g/mol. The molecule has 0 aliphatic heterocycles. The van der Waals surface area contributed by atoms with Gasteiger partial charge in [0.1, 0.15) is 23.4 Å². The van der Waals surface area contributed by atoms with Gasteiger partial charge < -0.3 is 31.0 Å². The molecule has 0 radical (unpaired) electrons. The predicted molar refractivity (Wildman–Crippen MR) is 96.2 cm³/mol. The number of nitrogens with zero attached hydrogens (tertiary/aromatic N) is 1. The summed E-state index contributed by atoms with van der Waals surface area (Å²) in [6.45, 7) is -0.0532. The number of hydrogen-bond acceptors (Lipinski definition) is 7. The maximum Gasteiger partial charge on any atom is 0.573 e. The van der Waals surface area contributed by atoms with Crippen LogP contribution in [-0.4, -0.2) is 40.9 Å². The fourth-order valence-corrected chi connectivity index (χ4v) is 2.72. The Bertz CT molecular complexity index is 837. The van der Waals surface area contributed by atoms with Gasteiger partial charge in [-0.05, 0) is 30.3 Å². The molecule has 150 valence electrons. The monoisotopic (exact) mass is 396 g/mol. The number of aromatic nitrogens is 1. The van der Waals surface area contributed by atoms with Crippen LogP contribution in [0.1, 0.15) is 18.4 Å². The summed E-state index contributed by atoms with van der Waals surface area (Å²) in [6.07, 6.45) is -2.82. The van der Waals surface area contributed by atoms with Crippen molar-refractivity contribution >= 4 is 17.2 Å². The third-order valence-corrected chi connectivity index (χ3v) is 4.13. The summed E-state index contributed by atoms with van der Waals surface area (Å²) in [4.78, 5) is 4.20. The van der Waals surface area contributed by atoms with Crippen molar-refractivity contribution in [2.45, 2.75) is 31.4 Å². The minimum atomic E-state index is -4.76. The Morgan fingerprint density at radius 1 is 1.25 bits per heavy atom. The molecule has 1 heterocycles. The minimum absolute atomic E-state index is 0.0532. The zero-order chi connectivity index (χ0) is 20.3. The second-order valence-electron chi connectivity index (χ2n) is 6.28. The minimum Gasteiger partial charge on any atom is -0.489 e. The molecular formula is C18H19F3N4O3. The van der Waals surface area contributed by atoms with Crippen molar-refractivity contribution in [2.24, 2.45) is 5.73 Å². The molecule has 0 amide bonds. The molecule has 1 fully saturated rings. The van der Waals surface area contributed by atoms with E-state index >= 15 is 0 Å². The Labute approximate surface area is 158 Å². The highest BCUT2D eigenvalue weighted by atomic mass is 19.4. The lowest BCUT2D eigenvalue weighted by molar-refractivity contribution is -0.274. The molecule has 0 saturated heterocycles. The maximum atomic E-state index is 12.3. The number of anilines is 2. The number of hydrogen-bond donors (Lipinski definition) is 4. The van der Waals surface area contributed by atoms with Crippen molar-refractivity contribution < 1.29 is 27.8 Å². The molecule has 28 heavy (non-hydrogen) atoms. The first-order valence-electron chi connectivity index (χ1n) is 8.49. The van der Waals surface area contributed by atoms with Crippen molar-refractivity contribution in [3.05, 3.63) is 42.1 Å². The Morgan fingerprint density at radius 3 is 2.50 bits per heavy atom. The Kier molecular flexibility index (Phi) is 5.71. The van der Waals surface area contributed by atoms with E-state index in [1.807, 2.05) is 0 Å². The molecule has 1 aromatic carbocycles. The molecule has 5 N–H and O–H groups in total. The van der Waals surface area contributed by atoms with Crippen LogP contribution in [0.4, 0.5) is 24.7 Å². The largest absolute Gasteiger partial charge is 0.573 e. The second-order valence-corrected chi connectivity index (χ2v) is 6.28. The summed E-state index contributed by atoms with van der Waals surface area (Å²) in [5.74, 6) is 0.348. The van der Waals surface area contributed by atoms with E-state index in [4.69, 9.17) is 15.9 Å². The van der Waals surface area contributed by atoms with E-state index in [9.17, 15) is 18.3 Å². The first kappa shape index (κ1) is 19.9. The quantitative estimate of drug-likeness (QED) is 0.535. The number of nitrogens with one attached hydrogen (secondary N) is 2. The number of ether oxygens (including phenoxy) is 2. The molecule has 7 nitrogen and oxygen atoms in total. The van der Waals surface area contributed by atoms with E-state index in [0.717, 1.165) is 0 Å². The molecular weight excluding hydrogens is 377 g/mol. The highest BCUT2D eigenvalue weighted by Gasteiger charge is 2.31. The summed E-state index contributed by atoms with van der Waals surface area (Å²) in [5.41, 5.74) is 6.51. The standard InChI is InChI=1S/C18H19F3N4O3/c19-18(20,21)28-12-3-1-10(2-4-12)25-17-16(14(23)9-22)15(5-6-24-17)27-13-7-11(26)8-13/h1-6,11,13,23,26H,7-9,22H2,(H,24,25). The fourth-order valence-electron chi connectivity index (χ4n) is 2.72. The van der Waals surface area contributed by atoms with E-state index in [0.29, 0.717) is 29.8 Å². The summed E-state index contributed by atoms with van der Waals surface area (Å²) in [5, 5.41) is 20.5. The molecule has 1 aromatic heterocycles. The SMILES string of the molecule is N=C(CN)c1c(OC2CC(O)C2)ccnc1Nc1ccc(OC(F)(F)F)cc1. The molecule has 2 aromatic rings. The van der Waals surface area contributed by atoms with Crippen LogP contribution >= 0.6 is 0 Å². The van der Waals surface area contributed by atoms with Crippen LogP contribution in [0, 0.1) is 5.41 Å². The van der Waals surface area contributed by atoms with E-state index < -0.39 is 6.36 Å². The molecule has 10 heteroatoms. The molecule has 0 spiro atoms. The lowest BCUT2D eigenvalue weighted by atomic mass is 9.92. The van der Waals surface area contributed by atoms with Crippen molar-refractivity contribution in [3.8, 4) is 11.5 Å². The van der Waals surface area contributed by atoms with E-state index in [-0.39, 0.29) is 36.0 Å². The third-order valence-electron chi connectivity index (χ3n) is 4.13. The normalized spacial score (nSPS) is 18.9. The van der Waals surface area contributed by atoms with Crippen molar-refractivity contribution in [3.63, 3.8) is 0 Å². The smallest absolute Gasteiger partial charge is 0.489 e. The van der Waals surface area contributed by atoms with E-state index in [1.54, 1.807) is 6.07 Å². The van der Waals surface area contributed by atoms with Crippen LogP contribution in [0.3, 0.4) is 0 Å². The van der Waals surface area contributed by atoms with Crippen LogP contribution in [-0.2, 0) is 0 Å². The van der Waals surface area contributed by atoms with Gasteiger partial charge in [-0.3, -0.25) is 0 Å². The number of nitrogens with two attached hydrogens (primary N) is 1. The molecule has 0 atom stereocenters. The topological polar surface area (TPSA) is 113 Å². The molecule has 1 aliphatic carbocycles. The van der Waals surface area contributed by atoms with Crippen LogP contribution in [0.5, 0.6) is 11.5 Å². The summed E-state index contributed by atoms with van der Waals surface area (Å²) in [7, 11) is 0. The Morgan fingerprint density at radius 2 is 1.93 bits per heavy atom. The number of aliphatic hydroxyl groups excluding tert-OH is 1. The molecule has 1 aliphatic rings. The van der Waals surface area contributed by atoms with Gasteiger partial charge in [-0.25, -0.2) is 4.98 Å². The van der Waals surface area contributed by atoms with Gasteiger partial charge in [0, 0.05) is 31.3 Å². The number of alkyl halides is 3. The number of halogens is 3. The summed E-state index contributed by atoms with van der Waals surface area (Å²) in [6, 6.07) is 6.73. The number of rotatable bonds is 7. The van der Waals surface area contributed by atoms with Crippen LogP contribution < -0.4 is 20.5 Å². The van der Waals surface area contributed by atoms with Gasteiger partial charge in [0.25, 0.3) is 0 Å². The zero-order valence-electron chi connectivity index (χ0n) is 14.7. The molecule has 3 rings (SSSR count). The predicted octanol–water partition coefficient (Wildman–Crippen LogP) is 2.95. The van der Waals surface area contributed by atoms with Gasteiger partial charge in [0.05, 0.1) is 17.4 Å². The van der Waals surface area contributed by atoms with Gasteiger partial charge in [0.2, 0.25) is 0 Å². The first-order valence-corrected chi connectivity index (χ1v) is 8.49. The van der Waals surface area contributed by atoms with Gasteiger partial charge in [0.15, 0.2) is 0 Å². The van der Waals surface area contributed by atoms with Gasteiger partial charge >= 0.3 is 6.36 Å². The van der Waals surface area contributed by atoms with Crippen LogP contribution in [0.2, 0.25) is 0 Å². The number of pyridine rings is 1. The van der Waals surface area contributed by atoms with E-state index in [2.05, 4.69) is 15.0 Å². The maximum absolute atomic E-state index is 12.3. The van der Waals surface area contributed by atoms with Crippen LogP contribution in [0.15, 0.2) is 36.5 Å². The fraction of sp³-hybridized carbons (Fsp3) is 0.333. The van der Waals surface area contributed by atoms with E-state index in [1.165, 1.54) is 30.5 Å². The molecule has 0 unspecified atom stereocenters. The number of aliphatic hydroxyl groups is 1. The Hall–Kier alpha value is -2.85. The summed E-state index contributed by atoms with van der Waals surface area (Å²) < 4.78 is 46.5. The molecule has 0 bridgehead atoms. The highest BCUT2D eigenvalue weighted by Crippen LogP contribution is 2.32. The van der Waals surface area contributed by atoms with Crippen LogP contribution in [0.25, 0.3) is 0 Å². The Balaban J connectivity index is 1.81. The average Bonchev–Trinajstić information content (AvgIpc) is 2.60. The molecule has 1 saturated carbocycles. The first-order chi connectivity index (χ1) is 13.2. The highest BCUT2D eigenvalue weighted by molar-refractivity contribution is 6.06. The van der Waals surface area contributed by atoms with Crippen molar-refractivity contribution in [1.29, 1.82) is 5.41 Å². The van der Waals surface area contributed by atoms with Crippen molar-refractivity contribution in [2.75, 3.05) is 11.9 Å². The zero-order valence-corrected chi connectivity index (χ0v) is 14.7.